The Bertz CT molecular complexity index is 779. The molecule has 2 aromatic rings. The lowest BCUT2D eigenvalue weighted by molar-refractivity contribution is 0.445. The van der Waals surface area contributed by atoms with E-state index >= 15 is 0 Å². The van der Waals surface area contributed by atoms with Gasteiger partial charge in [0.25, 0.3) is 0 Å². The van der Waals surface area contributed by atoms with Gasteiger partial charge in [0, 0.05) is 19.1 Å². The van der Waals surface area contributed by atoms with Gasteiger partial charge in [0.15, 0.2) is 17.0 Å². The molecule has 1 saturated heterocycles. The third-order valence-electron chi connectivity index (χ3n) is 3.54. The Balaban J connectivity index is 2.19. The second-order valence-electron chi connectivity index (χ2n) is 4.78. The molecule has 0 aliphatic carbocycles. The summed E-state index contributed by atoms with van der Waals surface area (Å²) in [7, 11) is 1.90. The molecule has 0 spiro atoms. The van der Waals surface area contributed by atoms with Crippen molar-refractivity contribution < 1.29 is 0 Å². The van der Waals surface area contributed by atoms with Gasteiger partial charge >= 0.3 is 0 Å². The molecule has 1 aliphatic rings. The van der Waals surface area contributed by atoms with Gasteiger partial charge in [-0.05, 0) is 13.1 Å². The molecule has 9 heteroatoms. The van der Waals surface area contributed by atoms with E-state index in [1.807, 2.05) is 11.9 Å². The van der Waals surface area contributed by atoms with Gasteiger partial charge in [-0.25, -0.2) is 9.97 Å². The van der Waals surface area contributed by atoms with Crippen LogP contribution in [-0.4, -0.2) is 47.1 Å². The summed E-state index contributed by atoms with van der Waals surface area (Å²) >= 11 is 11.9. The molecule has 3 heterocycles. The van der Waals surface area contributed by atoms with E-state index < -0.39 is 0 Å². The molecular formula is C12H13Cl2N7. The Kier molecular flexibility index (Phi) is 3.56. The van der Waals surface area contributed by atoms with Crippen molar-refractivity contribution in [2.45, 2.75) is 6.04 Å². The normalized spacial score (nSPS) is 15.3. The first kappa shape index (κ1) is 14.2. The fraction of sp³-hybridized carbons (Fsp3) is 0.333. The van der Waals surface area contributed by atoms with Crippen LogP contribution in [0.2, 0.25) is 10.2 Å². The summed E-state index contributed by atoms with van der Waals surface area (Å²) in [5, 5.41) is 19.4. The summed E-state index contributed by atoms with van der Waals surface area (Å²) in [5.74, 6) is 0.489. The van der Waals surface area contributed by atoms with Crippen LogP contribution in [0, 0.1) is 10.8 Å². The number of nitrogens with one attached hydrogen (secondary N) is 3. The second-order valence-corrected chi connectivity index (χ2v) is 5.54. The standard InChI is InChI=1S/C12H13Cl2N7/c1-17-6-3-20(4-6)12-10(16)21(5-15)8-2-7(13)9(14)18-11(8)19-12/h2,5-6,15-17H,3-4H2,1H3. The van der Waals surface area contributed by atoms with Gasteiger partial charge in [-0.1, -0.05) is 23.2 Å². The smallest absolute Gasteiger partial charge is 0.180 e. The van der Waals surface area contributed by atoms with E-state index in [1.165, 1.54) is 4.57 Å². The maximum atomic E-state index is 8.23. The number of fused-ring (bicyclic) bond motifs is 1. The molecule has 21 heavy (non-hydrogen) atoms. The predicted molar refractivity (Wildman–Crippen MR) is 82.6 cm³/mol. The van der Waals surface area contributed by atoms with Crippen LogP contribution in [0.4, 0.5) is 5.82 Å². The highest BCUT2D eigenvalue weighted by molar-refractivity contribution is 6.41. The largest absolute Gasteiger partial charge is 0.350 e. The zero-order valence-electron chi connectivity index (χ0n) is 11.2. The Morgan fingerprint density at radius 1 is 1.38 bits per heavy atom. The van der Waals surface area contributed by atoms with E-state index in [9.17, 15) is 0 Å². The van der Waals surface area contributed by atoms with Crippen molar-refractivity contribution in [3.05, 3.63) is 21.7 Å². The van der Waals surface area contributed by atoms with Gasteiger partial charge in [-0.2, -0.15) is 0 Å². The van der Waals surface area contributed by atoms with Gasteiger partial charge in [-0.15, -0.1) is 0 Å². The van der Waals surface area contributed by atoms with E-state index in [2.05, 4.69) is 15.3 Å². The fourth-order valence-corrected chi connectivity index (χ4v) is 2.56. The van der Waals surface area contributed by atoms with Gasteiger partial charge in [-0.3, -0.25) is 15.4 Å². The molecule has 110 valence electrons. The number of pyridine rings is 1. The van der Waals surface area contributed by atoms with Crippen molar-refractivity contribution in [3.8, 4) is 0 Å². The van der Waals surface area contributed by atoms with Crippen LogP contribution in [0.1, 0.15) is 0 Å². The van der Waals surface area contributed by atoms with Crippen molar-refractivity contribution in [3.63, 3.8) is 0 Å². The topological polar surface area (TPSA) is 93.7 Å². The summed E-state index contributed by atoms with van der Waals surface area (Å²) in [6.07, 6.45) is 1.05. The maximum Gasteiger partial charge on any atom is 0.180 e. The average Bonchev–Trinajstić information content (AvgIpc) is 2.41. The van der Waals surface area contributed by atoms with Crippen LogP contribution in [-0.2, 0) is 0 Å². The molecule has 0 aromatic carbocycles. The summed E-state index contributed by atoms with van der Waals surface area (Å²) in [4.78, 5) is 10.5. The van der Waals surface area contributed by atoms with Crippen LogP contribution in [0.15, 0.2) is 6.07 Å². The summed E-state index contributed by atoms with van der Waals surface area (Å²) in [6, 6.07) is 1.95. The van der Waals surface area contributed by atoms with Crippen LogP contribution in [0.3, 0.4) is 0 Å². The Hall–Kier alpha value is -1.70. The van der Waals surface area contributed by atoms with Crippen LogP contribution in [0.5, 0.6) is 0 Å². The lowest BCUT2D eigenvalue weighted by atomic mass is 10.1. The Morgan fingerprint density at radius 3 is 2.71 bits per heavy atom. The molecule has 0 saturated carbocycles. The molecule has 0 atom stereocenters. The zero-order chi connectivity index (χ0) is 15.1. The molecule has 7 nitrogen and oxygen atoms in total. The van der Waals surface area contributed by atoms with Crippen molar-refractivity contribution in [2.24, 2.45) is 0 Å². The van der Waals surface area contributed by atoms with Crippen molar-refractivity contribution >= 4 is 46.5 Å². The van der Waals surface area contributed by atoms with E-state index in [4.69, 9.17) is 34.0 Å². The number of aromatic nitrogens is 3. The first-order valence-corrected chi connectivity index (χ1v) is 7.06. The maximum absolute atomic E-state index is 8.23. The van der Waals surface area contributed by atoms with E-state index in [0.29, 0.717) is 23.0 Å². The van der Waals surface area contributed by atoms with E-state index in [-0.39, 0.29) is 15.7 Å². The van der Waals surface area contributed by atoms with Crippen LogP contribution in [0.25, 0.3) is 11.2 Å². The number of hydrogen-bond acceptors (Lipinski definition) is 6. The minimum absolute atomic E-state index is 0.132. The lowest BCUT2D eigenvalue weighted by Gasteiger charge is -2.39. The molecule has 1 fully saturated rings. The third kappa shape index (κ3) is 2.27. The monoisotopic (exact) mass is 325 g/mol. The van der Waals surface area contributed by atoms with Gasteiger partial charge in [0.05, 0.1) is 16.9 Å². The second kappa shape index (κ2) is 5.25. The minimum Gasteiger partial charge on any atom is -0.350 e. The average molecular weight is 326 g/mol. The Morgan fingerprint density at radius 2 is 2.10 bits per heavy atom. The number of nitrogens with zero attached hydrogens (tertiary/aromatic N) is 4. The highest BCUT2D eigenvalue weighted by Gasteiger charge is 2.28. The SMILES string of the molecule is CNC1CN(c2nc3nc(Cl)c(Cl)cc3n(C=N)c2=N)C1. The van der Waals surface area contributed by atoms with Gasteiger partial charge in [0.2, 0.25) is 0 Å². The highest BCUT2D eigenvalue weighted by atomic mass is 35.5. The number of hydrogen-bond donors (Lipinski definition) is 3. The quantitative estimate of drug-likeness (QED) is 0.447. The van der Waals surface area contributed by atoms with E-state index in [0.717, 1.165) is 19.4 Å². The number of likely N-dealkylation sites (N-methyl/N-ethyl adjacent to an activating group) is 1. The summed E-state index contributed by atoms with van der Waals surface area (Å²) in [5.41, 5.74) is 0.984. The van der Waals surface area contributed by atoms with E-state index in [1.54, 1.807) is 6.07 Å². The highest BCUT2D eigenvalue weighted by Crippen LogP contribution is 2.24. The van der Waals surface area contributed by atoms with Crippen molar-refractivity contribution in [2.75, 3.05) is 25.0 Å². The molecule has 3 N–H and O–H groups in total. The number of anilines is 1. The fourth-order valence-electron chi connectivity index (χ4n) is 2.28. The molecule has 0 radical (unpaired) electrons. The van der Waals surface area contributed by atoms with Crippen LogP contribution < -0.4 is 15.7 Å². The molecular weight excluding hydrogens is 313 g/mol. The summed E-state index contributed by atoms with van der Waals surface area (Å²) < 4.78 is 1.39. The summed E-state index contributed by atoms with van der Waals surface area (Å²) in [6.45, 7) is 1.53. The van der Waals surface area contributed by atoms with Crippen LogP contribution >= 0.6 is 23.2 Å². The molecule has 3 rings (SSSR count). The molecule has 0 bridgehead atoms. The van der Waals surface area contributed by atoms with Gasteiger partial charge < -0.3 is 10.2 Å². The lowest BCUT2D eigenvalue weighted by Crippen LogP contribution is -2.59. The van der Waals surface area contributed by atoms with Gasteiger partial charge in [0.1, 0.15) is 5.15 Å². The molecule has 0 unspecified atom stereocenters. The number of halogens is 2. The third-order valence-corrected chi connectivity index (χ3v) is 4.21. The first-order chi connectivity index (χ1) is 10.0. The van der Waals surface area contributed by atoms with Crippen molar-refractivity contribution in [1.29, 1.82) is 10.8 Å². The minimum atomic E-state index is 0.132. The molecule has 2 aromatic heterocycles. The zero-order valence-corrected chi connectivity index (χ0v) is 12.7. The first-order valence-electron chi connectivity index (χ1n) is 6.31. The number of rotatable bonds is 3. The molecule has 1 aliphatic heterocycles. The Labute approximate surface area is 130 Å². The predicted octanol–water partition coefficient (Wildman–Crippen LogP) is 1.08. The molecule has 0 amide bonds. The van der Waals surface area contributed by atoms with Crippen molar-refractivity contribution in [1.82, 2.24) is 19.9 Å².